The molecule has 0 saturated carbocycles. The number of halogens is 1. The topological polar surface area (TPSA) is 28.2 Å². The van der Waals surface area contributed by atoms with Gasteiger partial charge in [-0.3, -0.25) is 4.90 Å². The molecule has 1 aromatic rings. The van der Waals surface area contributed by atoms with E-state index >= 15 is 0 Å². The van der Waals surface area contributed by atoms with E-state index in [1.54, 1.807) is 11.3 Å². The van der Waals surface area contributed by atoms with Gasteiger partial charge >= 0.3 is 0 Å². The SMILES string of the molecule is CC1CN(Cc2nc(C(C)(C)C)cs2)C(C)CN1.Cl. The van der Waals surface area contributed by atoms with Gasteiger partial charge < -0.3 is 5.32 Å². The smallest absolute Gasteiger partial charge is 0.107 e. The Labute approximate surface area is 127 Å². The van der Waals surface area contributed by atoms with E-state index in [1.165, 1.54) is 10.7 Å². The van der Waals surface area contributed by atoms with Gasteiger partial charge in [-0.05, 0) is 13.8 Å². The number of aromatic nitrogens is 1. The molecule has 19 heavy (non-hydrogen) atoms. The second-order valence-electron chi connectivity index (χ2n) is 6.46. The predicted molar refractivity (Wildman–Crippen MR) is 85.4 cm³/mol. The van der Waals surface area contributed by atoms with Gasteiger partial charge in [-0.15, -0.1) is 23.7 Å². The predicted octanol–water partition coefficient (Wildman–Crippen LogP) is 3.04. The fourth-order valence-corrected chi connectivity index (χ4v) is 3.26. The Bertz CT molecular complexity index is 400. The Hall–Kier alpha value is -0.160. The Kier molecular flexibility index (Phi) is 5.80. The van der Waals surface area contributed by atoms with Crippen molar-refractivity contribution >= 4 is 23.7 Å². The van der Waals surface area contributed by atoms with Gasteiger partial charge in [-0.1, -0.05) is 20.8 Å². The Morgan fingerprint density at radius 1 is 1.42 bits per heavy atom. The maximum Gasteiger partial charge on any atom is 0.107 e. The number of nitrogens with one attached hydrogen (secondary N) is 1. The van der Waals surface area contributed by atoms with Gasteiger partial charge in [0.05, 0.1) is 12.2 Å². The van der Waals surface area contributed by atoms with E-state index in [0.29, 0.717) is 12.1 Å². The Balaban J connectivity index is 0.00000180. The number of hydrogen-bond donors (Lipinski definition) is 1. The Morgan fingerprint density at radius 3 is 2.68 bits per heavy atom. The molecular weight excluding hydrogens is 278 g/mol. The standard InChI is InChI=1S/C14H25N3S.ClH/c1-10-7-17(11(2)6-15-10)8-13-16-12(9-18-13)14(3,4)5;/h9-11,15H,6-8H2,1-5H3;1H. The first-order chi connectivity index (χ1) is 8.36. The number of rotatable bonds is 2. The molecule has 1 N–H and O–H groups in total. The van der Waals surface area contributed by atoms with Crippen LogP contribution in [0.15, 0.2) is 5.38 Å². The molecule has 0 spiro atoms. The molecule has 2 unspecified atom stereocenters. The molecule has 2 rings (SSSR count). The summed E-state index contributed by atoms with van der Waals surface area (Å²) in [5.41, 5.74) is 1.38. The van der Waals surface area contributed by atoms with Crippen LogP contribution in [-0.4, -0.2) is 35.1 Å². The van der Waals surface area contributed by atoms with Gasteiger partial charge in [0.15, 0.2) is 0 Å². The van der Waals surface area contributed by atoms with Crippen LogP contribution in [0, 0.1) is 0 Å². The van der Waals surface area contributed by atoms with E-state index in [1.807, 2.05) is 0 Å². The zero-order valence-electron chi connectivity index (χ0n) is 12.6. The monoisotopic (exact) mass is 303 g/mol. The van der Waals surface area contributed by atoms with Crippen molar-refractivity contribution in [3.05, 3.63) is 16.1 Å². The fourth-order valence-electron chi connectivity index (χ4n) is 2.22. The van der Waals surface area contributed by atoms with Crippen LogP contribution in [0.5, 0.6) is 0 Å². The van der Waals surface area contributed by atoms with Crippen LogP contribution in [0.25, 0.3) is 0 Å². The first-order valence-corrected chi connectivity index (χ1v) is 7.66. The minimum Gasteiger partial charge on any atom is -0.311 e. The van der Waals surface area contributed by atoms with Crippen LogP contribution >= 0.6 is 23.7 Å². The average Bonchev–Trinajstić information content (AvgIpc) is 2.71. The molecule has 1 saturated heterocycles. The summed E-state index contributed by atoms with van der Waals surface area (Å²) >= 11 is 1.80. The van der Waals surface area contributed by atoms with Gasteiger partial charge in [-0.25, -0.2) is 4.98 Å². The summed E-state index contributed by atoms with van der Waals surface area (Å²) in [6.07, 6.45) is 0. The highest BCUT2D eigenvalue weighted by Gasteiger charge is 2.24. The van der Waals surface area contributed by atoms with Crippen molar-refractivity contribution < 1.29 is 0 Å². The van der Waals surface area contributed by atoms with E-state index in [0.717, 1.165) is 19.6 Å². The highest BCUT2D eigenvalue weighted by molar-refractivity contribution is 7.09. The van der Waals surface area contributed by atoms with Crippen molar-refractivity contribution in [2.75, 3.05) is 13.1 Å². The van der Waals surface area contributed by atoms with Crippen LogP contribution in [0.1, 0.15) is 45.3 Å². The molecule has 1 fully saturated rings. The lowest BCUT2D eigenvalue weighted by Crippen LogP contribution is -2.53. The van der Waals surface area contributed by atoms with Gasteiger partial charge in [-0.2, -0.15) is 0 Å². The minimum atomic E-state index is 0. The van der Waals surface area contributed by atoms with Gasteiger partial charge in [0, 0.05) is 36.0 Å². The molecule has 1 aliphatic rings. The van der Waals surface area contributed by atoms with Crippen molar-refractivity contribution in [3.63, 3.8) is 0 Å². The van der Waals surface area contributed by atoms with E-state index in [4.69, 9.17) is 4.98 Å². The maximum atomic E-state index is 4.79. The van der Waals surface area contributed by atoms with Crippen LogP contribution in [-0.2, 0) is 12.0 Å². The number of nitrogens with zero attached hydrogens (tertiary/aromatic N) is 2. The lowest BCUT2D eigenvalue weighted by Gasteiger charge is -2.36. The number of hydrogen-bond acceptors (Lipinski definition) is 4. The van der Waals surface area contributed by atoms with Crippen molar-refractivity contribution in [2.24, 2.45) is 0 Å². The molecule has 1 aromatic heterocycles. The van der Waals surface area contributed by atoms with E-state index in [2.05, 4.69) is 50.2 Å². The summed E-state index contributed by atoms with van der Waals surface area (Å²) in [5, 5.41) is 6.98. The van der Waals surface area contributed by atoms with E-state index in [-0.39, 0.29) is 17.8 Å². The highest BCUT2D eigenvalue weighted by Crippen LogP contribution is 2.25. The van der Waals surface area contributed by atoms with Crippen molar-refractivity contribution in [1.29, 1.82) is 0 Å². The average molecular weight is 304 g/mol. The van der Waals surface area contributed by atoms with Crippen molar-refractivity contribution in [1.82, 2.24) is 15.2 Å². The second-order valence-corrected chi connectivity index (χ2v) is 7.41. The lowest BCUT2D eigenvalue weighted by atomic mass is 9.93. The third-order valence-corrected chi connectivity index (χ3v) is 4.39. The highest BCUT2D eigenvalue weighted by atomic mass is 35.5. The van der Waals surface area contributed by atoms with Gasteiger partial charge in [0.25, 0.3) is 0 Å². The van der Waals surface area contributed by atoms with E-state index in [9.17, 15) is 0 Å². The molecule has 2 heterocycles. The van der Waals surface area contributed by atoms with Crippen LogP contribution in [0.3, 0.4) is 0 Å². The molecule has 1 aliphatic heterocycles. The molecule has 2 atom stereocenters. The zero-order valence-corrected chi connectivity index (χ0v) is 14.2. The first kappa shape index (κ1) is 16.9. The summed E-state index contributed by atoms with van der Waals surface area (Å²) in [6, 6.07) is 1.19. The molecule has 0 aromatic carbocycles. The third-order valence-electron chi connectivity index (χ3n) is 3.55. The molecule has 0 aliphatic carbocycles. The normalized spacial score (nSPS) is 25.1. The molecule has 0 bridgehead atoms. The van der Waals surface area contributed by atoms with Gasteiger partial charge in [0.1, 0.15) is 5.01 Å². The molecule has 110 valence electrons. The molecule has 0 radical (unpaired) electrons. The summed E-state index contributed by atoms with van der Waals surface area (Å²) in [6.45, 7) is 14.4. The first-order valence-electron chi connectivity index (χ1n) is 6.78. The fraction of sp³-hybridized carbons (Fsp3) is 0.786. The summed E-state index contributed by atoms with van der Waals surface area (Å²) < 4.78 is 0. The second kappa shape index (κ2) is 6.53. The summed E-state index contributed by atoms with van der Waals surface area (Å²) in [4.78, 5) is 7.33. The molecule has 3 nitrogen and oxygen atoms in total. The number of piperazine rings is 1. The maximum absolute atomic E-state index is 4.79. The quantitative estimate of drug-likeness (QED) is 0.910. The summed E-state index contributed by atoms with van der Waals surface area (Å²) in [5.74, 6) is 0. The largest absolute Gasteiger partial charge is 0.311 e. The van der Waals surface area contributed by atoms with Crippen molar-refractivity contribution in [3.8, 4) is 0 Å². The Morgan fingerprint density at radius 2 is 2.11 bits per heavy atom. The number of thiazole rings is 1. The van der Waals surface area contributed by atoms with Crippen LogP contribution in [0.4, 0.5) is 0 Å². The van der Waals surface area contributed by atoms with Crippen molar-refractivity contribution in [2.45, 2.75) is 58.7 Å². The van der Waals surface area contributed by atoms with Gasteiger partial charge in [0.2, 0.25) is 0 Å². The molecule has 0 amide bonds. The van der Waals surface area contributed by atoms with Crippen LogP contribution in [0.2, 0.25) is 0 Å². The summed E-state index contributed by atoms with van der Waals surface area (Å²) in [7, 11) is 0. The van der Waals surface area contributed by atoms with Crippen LogP contribution < -0.4 is 5.32 Å². The van der Waals surface area contributed by atoms with E-state index < -0.39 is 0 Å². The minimum absolute atomic E-state index is 0. The third kappa shape index (κ3) is 4.42. The zero-order chi connectivity index (χ0) is 13.3. The lowest BCUT2D eigenvalue weighted by molar-refractivity contribution is 0.138. The molecular formula is C14H26ClN3S. The molecule has 5 heteroatoms.